The lowest BCUT2D eigenvalue weighted by atomic mass is 10.0. The molecule has 1 aromatic carbocycles. The molecule has 0 heterocycles. The summed E-state index contributed by atoms with van der Waals surface area (Å²) in [6, 6.07) is 2.42. The minimum absolute atomic E-state index is 0.117. The van der Waals surface area contributed by atoms with Crippen molar-refractivity contribution in [3.63, 3.8) is 0 Å². The summed E-state index contributed by atoms with van der Waals surface area (Å²) in [5.41, 5.74) is 6.53. The van der Waals surface area contributed by atoms with Crippen LogP contribution in [0.15, 0.2) is 12.1 Å². The Labute approximate surface area is 93.5 Å². The van der Waals surface area contributed by atoms with E-state index in [0.717, 1.165) is 0 Å². The van der Waals surface area contributed by atoms with E-state index in [-0.39, 0.29) is 17.9 Å². The lowest BCUT2D eigenvalue weighted by molar-refractivity contribution is -0.142. The van der Waals surface area contributed by atoms with Gasteiger partial charge in [-0.2, -0.15) is 0 Å². The molecule has 1 rings (SSSR count). The Kier molecular flexibility index (Phi) is 3.73. The van der Waals surface area contributed by atoms with Crippen LogP contribution in [-0.2, 0) is 16.0 Å². The molecule has 0 unspecified atom stereocenters. The predicted octanol–water partition coefficient (Wildman–Crippen LogP) is 0.449. The van der Waals surface area contributed by atoms with Crippen molar-refractivity contribution >= 4 is 5.97 Å². The third-order valence-electron chi connectivity index (χ3n) is 2.38. The topological polar surface area (TPSA) is 92.8 Å². The monoisotopic (exact) mass is 225 g/mol. The number of ether oxygens (including phenoxy) is 1. The van der Waals surface area contributed by atoms with Crippen molar-refractivity contribution < 1.29 is 19.7 Å². The molecule has 4 N–H and O–H groups in total. The number of esters is 1. The number of carbonyl (C=O) groups is 1. The van der Waals surface area contributed by atoms with Crippen molar-refractivity contribution in [1.82, 2.24) is 0 Å². The van der Waals surface area contributed by atoms with Gasteiger partial charge in [-0.25, -0.2) is 0 Å². The molecule has 88 valence electrons. The molecule has 0 saturated heterocycles. The first-order chi connectivity index (χ1) is 7.47. The molecule has 0 aliphatic rings. The summed E-state index contributed by atoms with van der Waals surface area (Å²) in [6.07, 6.45) is 0.117. The van der Waals surface area contributed by atoms with E-state index in [1.165, 1.54) is 7.11 Å². The molecule has 0 bridgehead atoms. The second-order valence-corrected chi connectivity index (χ2v) is 3.57. The minimum atomic E-state index is -0.849. The molecule has 0 fully saturated rings. The fraction of sp³-hybridized carbons (Fsp3) is 0.364. The maximum atomic E-state index is 11.1. The fourth-order valence-corrected chi connectivity index (χ4v) is 1.36. The molecule has 0 aromatic heterocycles. The van der Waals surface area contributed by atoms with Gasteiger partial charge in [0.15, 0.2) is 11.5 Å². The van der Waals surface area contributed by atoms with Crippen LogP contribution in [-0.4, -0.2) is 29.3 Å². The van der Waals surface area contributed by atoms with Crippen LogP contribution in [0.25, 0.3) is 0 Å². The number of carbonyl (C=O) groups excluding carboxylic acids is 1. The van der Waals surface area contributed by atoms with Gasteiger partial charge in [-0.05, 0) is 18.1 Å². The Morgan fingerprint density at radius 3 is 2.62 bits per heavy atom. The molecule has 0 radical (unpaired) electrons. The second kappa shape index (κ2) is 4.85. The fourth-order valence-electron chi connectivity index (χ4n) is 1.36. The molecule has 1 atom stereocenters. The molecular weight excluding hydrogens is 210 g/mol. The molecule has 0 saturated carbocycles. The van der Waals surface area contributed by atoms with Crippen LogP contribution >= 0.6 is 0 Å². The summed E-state index contributed by atoms with van der Waals surface area (Å²) in [5, 5.41) is 19.1. The number of methoxy groups -OCH3 is 1. The standard InChI is InChI=1S/C11H15NO4/c1-6-3-4-7(10(14)9(6)13)5-8(12)11(15)16-2/h3-4,8,13-14H,5,12H2,1-2H3/t8-/m0/s1. The third kappa shape index (κ3) is 2.43. The van der Waals surface area contributed by atoms with Crippen molar-refractivity contribution in [3.8, 4) is 11.5 Å². The van der Waals surface area contributed by atoms with Crippen molar-refractivity contribution in [1.29, 1.82) is 0 Å². The molecule has 0 amide bonds. The van der Waals surface area contributed by atoms with Crippen LogP contribution in [0.5, 0.6) is 11.5 Å². The van der Waals surface area contributed by atoms with Crippen molar-refractivity contribution in [2.24, 2.45) is 5.73 Å². The zero-order valence-electron chi connectivity index (χ0n) is 9.23. The molecule has 0 aliphatic heterocycles. The Balaban J connectivity index is 2.90. The van der Waals surface area contributed by atoms with Gasteiger partial charge in [-0.15, -0.1) is 0 Å². The number of nitrogens with two attached hydrogens (primary N) is 1. The Morgan fingerprint density at radius 1 is 1.44 bits per heavy atom. The first-order valence-electron chi connectivity index (χ1n) is 4.81. The highest BCUT2D eigenvalue weighted by atomic mass is 16.5. The zero-order chi connectivity index (χ0) is 12.3. The summed E-state index contributed by atoms with van der Waals surface area (Å²) in [4.78, 5) is 11.1. The number of hydrogen-bond acceptors (Lipinski definition) is 5. The average Bonchev–Trinajstić information content (AvgIpc) is 2.28. The minimum Gasteiger partial charge on any atom is -0.504 e. The normalized spacial score (nSPS) is 12.2. The van der Waals surface area contributed by atoms with E-state index < -0.39 is 12.0 Å². The van der Waals surface area contributed by atoms with Crippen LogP contribution in [0.4, 0.5) is 0 Å². The van der Waals surface area contributed by atoms with E-state index in [2.05, 4.69) is 4.74 Å². The average molecular weight is 225 g/mol. The van der Waals surface area contributed by atoms with Crippen LogP contribution in [0.2, 0.25) is 0 Å². The van der Waals surface area contributed by atoms with Gasteiger partial charge in [0.05, 0.1) is 7.11 Å². The van der Waals surface area contributed by atoms with E-state index in [1.54, 1.807) is 19.1 Å². The third-order valence-corrected chi connectivity index (χ3v) is 2.38. The van der Waals surface area contributed by atoms with Gasteiger partial charge >= 0.3 is 5.97 Å². The number of rotatable bonds is 3. The van der Waals surface area contributed by atoms with Gasteiger partial charge in [0, 0.05) is 6.42 Å². The molecule has 0 spiro atoms. The summed E-state index contributed by atoms with van der Waals surface area (Å²) in [7, 11) is 1.24. The Morgan fingerprint density at radius 2 is 2.06 bits per heavy atom. The number of phenols is 2. The van der Waals surface area contributed by atoms with Crippen molar-refractivity contribution in [3.05, 3.63) is 23.3 Å². The predicted molar refractivity (Wildman–Crippen MR) is 58.2 cm³/mol. The maximum absolute atomic E-state index is 11.1. The van der Waals surface area contributed by atoms with E-state index in [1.807, 2.05) is 0 Å². The summed E-state index contributed by atoms with van der Waals surface area (Å²) < 4.78 is 4.47. The zero-order valence-corrected chi connectivity index (χ0v) is 9.23. The van der Waals surface area contributed by atoms with Gasteiger partial charge in [-0.3, -0.25) is 4.79 Å². The molecule has 16 heavy (non-hydrogen) atoms. The number of hydrogen-bond donors (Lipinski definition) is 3. The SMILES string of the molecule is COC(=O)[C@@H](N)Cc1ccc(C)c(O)c1O. The number of phenolic OH excluding ortho intramolecular Hbond substituents is 2. The summed E-state index contributed by atoms with van der Waals surface area (Å²) >= 11 is 0. The van der Waals surface area contributed by atoms with E-state index in [0.29, 0.717) is 11.1 Å². The van der Waals surface area contributed by atoms with Gasteiger partial charge in [0.2, 0.25) is 0 Å². The largest absolute Gasteiger partial charge is 0.504 e. The molecule has 1 aromatic rings. The van der Waals surface area contributed by atoms with Crippen LogP contribution in [0.3, 0.4) is 0 Å². The smallest absolute Gasteiger partial charge is 0.322 e. The maximum Gasteiger partial charge on any atom is 0.322 e. The van der Waals surface area contributed by atoms with E-state index >= 15 is 0 Å². The van der Waals surface area contributed by atoms with Crippen LogP contribution in [0.1, 0.15) is 11.1 Å². The van der Waals surface area contributed by atoms with Crippen LogP contribution < -0.4 is 5.73 Å². The van der Waals surface area contributed by atoms with Gasteiger partial charge in [0.25, 0.3) is 0 Å². The van der Waals surface area contributed by atoms with Gasteiger partial charge < -0.3 is 20.7 Å². The van der Waals surface area contributed by atoms with Crippen molar-refractivity contribution in [2.75, 3.05) is 7.11 Å². The highest BCUT2D eigenvalue weighted by Gasteiger charge is 2.18. The summed E-state index contributed by atoms with van der Waals surface area (Å²) in [5.74, 6) is -0.978. The number of aryl methyl sites for hydroxylation is 1. The van der Waals surface area contributed by atoms with E-state index in [4.69, 9.17) is 5.73 Å². The Hall–Kier alpha value is -1.75. The van der Waals surface area contributed by atoms with Gasteiger partial charge in [0.1, 0.15) is 6.04 Å². The van der Waals surface area contributed by atoms with Crippen LogP contribution in [0, 0.1) is 6.92 Å². The lowest BCUT2D eigenvalue weighted by Gasteiger charge is -2.12. The first-order valence-corrected chi connectivity index (χ1v) is 4.81. The van der Waals surface area contributed by atoms with E-state index in [9.17, 15) is 15.0 Å². The van der Waals surface area contributed by atoms with Crippen molar-refractivity contribution in [2.45, 2.75) is 19.4 Å². The van der Waals surface area contributed by atoms with Gasteiger partial charge in [-0.1, -0.05) is 12.1 Å². The second-order valence-electron chi connectivity index (χ2n) is 3.57. The first kappa shape index (κ1) is 12.3. The lowest BCUT2D eigenvalue weighted by Crippen LogP contribution is -2.33. The molecule has 5 nitrogen and oxygen atoms in total. The Bertz CT molecular complexity index is 403. The number of benzene rings is 1. The number of aromatic hydroxyl groups is 2. The highest BCUT2D eigenvalue weighted by Crippen LogP contribution is 2.32. The quantitative estimate of drug-likeness (QED) is 0.513. The molecule has 0 aliphatic carbocycles. The summed E-state index contributed by atoms with van der Waals surface area (Å²) in [6.45, 7) is 1.67. The molecular formula is C11H15NO4. The molecule has 5 heteroatoms. The highest BCUT2D eigenvalue weighted by molar-refractivity contribution is 5.76.